The number of halogens is 2. The molecule has 5 N–H and O–H groups in total. The molecule has 3 aromatic rings. The van der Waals surface area contributed by atoms with Gasteiger partial charge in [-0.2, -0.15) is 5.10 Å². The van der Waals surface area contributed by atoms with Gasteiger partial charge in [0.2, 0.25) is 0 Å². The van der Waals surface area contributed by atoms with Crippen LogP contribution >= 0.6 is 11.3 Å². The van der Waals surface area contributed by atoms with E-state index in [0.717, 1.165) is 23.5 Å². The van der Waals surface area contributed by atoms with Crippen LogP contribution in [0, 0.1) is 11.6 Å². The van der Waals surface area contributed by atoms with Crippen molar-refractivity contribution in [2.75, 3.05) is 35.6 Å². The van der Waals surface area contributed by atoms with Gasteiger partial charge in [0.25, 0.3) is 5.91 Å². The minimum absolute atomic E-state index is 0.0181. The van der Waals surface area contributed by atoms with Crippen LogP contribution in [0.3, 0.4) is 0 Å². The Hall–Kier alpha value is -3.09. The molecule has 1 fully saturated rings. The molecule has 3 heterocycles. The lowest BCUT2D eigenvalue weighted by atomic mass is 10.2. The first-order valence-electron chi connectivity index (χ1n) is 9.92. The normalized spacial score (nSPS) is 19.1. The molecule has 1 saturated heterocycles. The molecule has 1 aliphatic rings. The van der Waals surface area contributed by atoms with E-state index < -0.39 is 23.3 Å². The maximum absolute atomic E-state index is 14.1. The molecule has 32 heavy (non-hydrogen) atoms. The van der Waals surface area contributed by atoms with E-state index in [1.807, 2.05) is 4.90 Å². The number of hydrogen-bond acceptors (Lipinski definition) is 8. The number of anilines is 3. The highest BCUT2D eigenvalue weighted by atomic mass is 32.1. The minimum Gasteiger partial charge on any atom is -0.389 e. The summed E-state index contributed by atoms with van der Waals surface area (Å²) in [5.74, 6) is -1.53. The van der Waals surface area contributed by atoms with Crippen molar-refractivity contribution >= 4 is 33.8 Å². The Morgan fingerprint density at radius 2 is 2.06 bits per heavy atom. The van der Waals surface area contributed by atoms with Gasteiger partial charge in [-0.05, 0) is 19.1 Å². The van der Waals surface area contributed by atoms with Gasteiger partial charge in [-0.1, -0.05) is 17.4 Å². The summed E-state index contributed by atoms with van der Waals surface area (Å²) in [5.41, 5.74) is 4.96. The molecular formula is C20H23F2N7O2S. The first kappa shape index (κ1) is 22.1. The minimum atomic E-state index is -0.982. The van der Waals surface area contributed by atoms with Crippen molar-refractivity contribution in [1.29, 1.82) is 0 Å². The fourth-order valence-corrected chi connectivity index (χ4v) is 4.48. The Morgan fingerprint density at radius 1 is 1.34 bits per heavy atom. The number of rotatable bonds is 4. The van der Waals surface area contributed by atoms with Crippen LogP contribution in [0.4, 0.5) is 25.3 Å². The van der Waals surface area contributed by atoms with E-state index in [9.17, 15) is 18.7 Å². The molecule has 1 aromatic carbocycles. The lowest BCUT2D eigenvalue weighted by Crippen LogP contribution is -2.42. The van der Waals surface area contributed by atoms with Crippen LogP contribution in [0.2, 0.25) is 0 Å². The highest BCUT2D eigenvalue weighted by molar-refractivity contribution is 7.19. The summed E-state index contributed by atoms with van der Waals surface area (Å²) >= 11 is 0.833. The van der Waals surface area contributed by atoms with E-state index >= 15 is 0 Å². The Balaban J connectivity index is 1.59. The Bertz CT molecular complexity index is 1140. The van der Waals surface area contributed by atoms with Crippen molar-refractivity contribution in [1.82, 2.24) is 20.1 Å². The van der Waals surface area contributed by atoms with Crippen LogP contribution < -0.4 is 21.3 Å². The summed E-state index contributed by atoms with van der Waals surface area (Å²) in [6.07, 6.45) is 1.98. The number of nitrogens with zero attached hydrogens (tertiary/aromatic N) is 4. The number of nitrogen functional groups attached to an aromatic ring is 1. The van der Waals surface area contributed by atoms with Crippen molar-refractivity contribution in [2.24, 2.45) is 7.05 Å². The van der Waals surface area contributed by atoms with Gasteiger partial charge in [0, 0.05) is 33.1 Å². The number of nitrogens with one attached hydrogen (secondary N) is 2. The quantitative estimate of drug-likeness (QED) is 0.468. The monoisotopic (exact) mass is 463 g/mol. The molecule has 9 nitrogen and oxygen atoms in total. The van der Waals surface area contributed by atoms with Crippen LogP contribution in [0.25, 0.3) is 10.6 Å². The average molecular weight is 464 g/mol. The van der Waals surface area contributed by atoms with E-state index in [2.05, 4.69) is 20.7 Å². The van der Waals surface area contributed by atoms with Crippen LogP contribution in [0.15, 0.2) is 24.4 Å². The summed E-state index contributed by atoms with van der Waals surface area (Å²) in [5, 5.41) is 20.3. The van der Waals surface area contributed by atoms with Gasteiger partial charge in [-0.3, -0.25) is 14.8 Å². The molecule has 4 rings (SSSR count). The summed E-state index contributed by atoms with van der Waals surface area (Å²) in [4.78, 5) is 19.0. The number of aliphatic hydroxyl groups is 1. The van der Waals surface area contributed by atoms with Gasteiger partial charge < -0.3 is 21.1 Å². The summed E-state index contributed by atoms with van der Waals surface area (Å²) < 4.78 is 29.9. The maximum atomic E-state index is 14.1. The molecule has 0 aliphatic carbocycles. The zero-order chi connectivity index (χ0) is 23.0. The van der Waals surface area contributed by atoms with Gasteiger partial charge >= 0.3 is 0 Å². The van der Waals surface area contributed by atoms with E-state index in [0.29, 0.717) is 37.6 Å². The number of benzene rings is 1. The van der Waals surface area contributed by atoms with Crippen molar-refractivity contribution in [3.63, 3.8) is 0 Å². The molecular weight excluding hydrogens is 440 g/mol. The molecule has 0 bridgehead atoms. The lowest BCUT2D eigenvalue weighted by molar-refractivity contribution is 0.0242. The van der Waals surface area contributed by atoms with Gasteiger partial charge in [-0.15, -0.1) is 0 Å². The van der Waals surface area contributed by atoms with Crippen molar-refractivity contribution < 1.29 is 18.7 Å². The number of aryl methyl sites for hydroxylation is 1. The Labute approximate surface area is 186 Å². The zero-order valence-electron chi connectivity index (χ0n) is 17.5. The number of thiazole rings is 1. The lowest BCUT2D eigenvalue weighted by Gasteiger charge is -2.24. The molecule has 0 saturated carbocycles. The third-order valence-corrected chi connectivity index (χ3v) is 6.16. The van der Waals surface area contributed by atoms with E-state index in [1.54, 1.807) is 18.7 Å². The zero-order valence-corrected chi connectivity index (χ0v) is 18.3. The highest BCUT2D eigenvalue weighted by Gasteiger charge is 2.28. The van der Waals surface area contributed by atoms with Crippen molar-refractivity contribution in [3.8, 4) is 10.6 Å². The highest BCUT2D eigenvalue weighted by Crippen LogP contribution is 2.34. The standard InChI is InChI=1S/C20H23F2N7O2S/c1-20(31)6-8-29(9-7-24-20)19-13(10-25-28(19)2)26-17(30)15-16(23)32-18(27-15)14-11(21)4-3-5-12(14)22/h3-5,10,24,31H,6-9,23H2,1-2H3,(H,26,30)/t20-/m0/s1. The SMILES string of the molecule is Cn1ncc(NC(=O)c2nc(-c3c(F)cccc3F)sc2N)c1N1CCN[C@@](C)(O)CC1. The van der Waals surface area contributed by atoms with Crippen LogP contribution in [-0.4, -0.2) is 51.1 Å². The van der Waals surface area contributed by atoms with Crippen LogP contribution in [-0.2, 0) is 7.05 Å². The predicted molar refractivity (Wildman–Crippen MR) is 118 cm³/mol. The summed E-state index contributed by atoms with van der Waals surface area (Å²) in [7, 11) is 1.75. The van der Waals surface area contributed by atoms with Gasteiger partial charge in [-0.25, -0.2) is 13.8 Å². The third-order valence-electron chi connectivity index (χ3n) is 5.26. The fourth-order valence-electron chi connectivity index (χ4n) is 3.60. The summed E-state index contributed by atoms with van der Waals surface area (Å²) in [6, 6.07) is 3.48. The molecule has 0 spiro atoms. The number of amides is 1. The van der Waals surface area contributed by atoms with Crippen molar-refractivity contribution in [3.05, 3.63) is 41.7 Å². The average Bonchev–Trinajstić information content (AvgIpc) is 3.21. The molecule has 2 aromatic heterocycles. The molecule has 1 amide bonds. The van der Waals surface area contributed by atoms with Gasteiger partial charge in [0.15, 0.2) is 11.5 Å². The molecule has 1 atom stereocenters. The first-order valence-corrected chi connectivity index (χ1v) is 10.7. The maximum Gasteiger partial charge on any atom is 0.277 e. The fraction of sp³-hybridized carbons (Fsp3) is 0.350. The van der Waals surface area contributed by atoms with Gasteiger partial charge in [0.1, 0.15) is 33.1 Å². The number of hydrogen-bond donors (Lipinski definition) is 4. The second-order valence-corrected chi connectivity index (χ2v) is 8.76. The number of carbonyl (C=O) groups is 1. The Kier molecular flexibility index (Phi) is 5.84. The molecule has 0 unspecified atom stereocenters. The third kappa shape index (κ3) is 4.29. The van der Waals surface area contributed by atoms with E-state index in [4.69, 9.17) is 5.73 Å². The van der Waals surface area contributed by atoms with Crippen molar-refractivity contribution in [2.45, 2.75) is 19.1 Å². The van der Waals surface area contributed by atoms with E-state index in [1.165, 1.54) is 12.3 Å². The Morgan fingerprint density at radius 3 is 2.78 bits per heavy atom. The number of nitrogens with two attached hydrogens (primary N) is 1. The second kappa shape index (κ2) is 8.45. The molecule has 12 heteroatoms. The molecule has 170 valence electrons. The van der Waals surface area contributed by atoms with Gasteiger partial charge in [0.05, 0.1) is 11.8 Å². The smallest absolute Gasteiger partial charge is 0.277 e. The first-order chi connectivity index (χ1) is 15.2. The van der Waals surface area contributed by atoms with E-state index in [-0.39, 0.29) is 21.3 Å². The molecule has 0 radical (unpaired) electrons. The number of aromatic nitrogens is 3. The summed E-state index contributed by atoms with van der Waals surface area (Å²) in [6.45, 7) is 3.39. The topological polar surface area (TPSA) is 121 Å². The second-order valence-electron chi connectivity index (χ2n) is 7.73. The number of carbonyl (C=O) groups excluding carboxylic acids is 1. The predicted octanol–water partition coefficient (Wildman–Crippen LogP) is 2.16. The van der Waals surface area contributed by atoms with Crippen LogP contribution in [0.5, 0.6) is 0 Å². The largest absolute Gasteiger partial charge is 0.389 e. The van der Waals surface area contributed by atoms with Crippen LogP contribution in [0.1, 0.15) is 23.8 Å². The molecule has 1 aliphatic heterocycles.